The predicted octanol–water partition coefficient (Wildman–Crippen LogP) is 6.18. The van der Waals surface area contributed by atoms with E-state index in [1.807, 2.05) is 30.3 Å². The van der Waals surface area contributed by atoms with Crippen LogP contribution in [0.3, 0.4) is 0 Å². The minimum Gasteiger partial charge on any atom is -0.461 e. The molecule has 0 aliphatic heterocycles. The van der Waals surface area contributed by atoms with Gasteiger partial charge in [-0.25, -0.2) is 0 Å². The highest BCUT2D eigenvalue weighted by Gasteiger charge is 2.60. The lowest BCUT2D eigenvalue weighted by molar-refractivity contribution is -0.162. The fourth-order valence-electron chi connectivity index (χ4n) is 10.2. The van der Waals surface area contributed by atoms with Crippen LogP contribution < -0.4 is 11.1 Å². The molecule has 0 bridgehead atoms. The van der Waals surface area contributed by atoms with Crippen molar-refractivity contribution in [3.05, 3.63) is 35.9 Å². The van der Waals surface area contributed by atoms with Crippen LogP contribution in [0.4, 0.5) is 0 Å². The average Bonchev–Trinajstić information content (AvgIpc) is 3.35. The van der Waals surface area contributed by atoms with E-state index in [9.17, 15) is 14.4 Å². The average molecular weight is 595 g/mol. The summed E-state index contributed by atoms with van der Waals surface area (Å²) in [6.07, 6.45) is 12.0. The Labute approximate surface area is 258 Å². The molecule has 3 N–H and O–H groups in total. The minimum absolute atomic E-state index is 0.0562. The maximum atomic E-state index is 12.6. The van der Waals surface area contributed by atoms with Gasteiger partial charge in [0.2, 0.25) is 5.91 Å². The quantitative estimate of drug-likeness (QED) is 0.313. The first-order valence-corrected chi connectivity index (χ1v) is 16.9. The summed E-state index contributed by atoms with van der Waals surface area (Å²) >= 11 is 0. The third-order valence-electron chi connectivity index (χ3n) is 12.5. The SMILES string of the molecule is C[C@H](N)C(=O)NCC(=O)O[C@@H]1CC[C@@]2(C)[C@H](CC[C@@H]3[C@@H]2CC[C@]2(C)[C@@H]([C@@H](C)CCC(=O)OCc4ccccc4)CC[C@@H]32)C1. The number of esters is 2. The van der Waals surface area contributed by atoms with Crippen LogP contribution in [0.5, 0.6) is 0 Å². The molecule has 0 radical (unpaired) electrons. The van der Waals surface area contributed by atoms with Crippen molar-refractivity contribution in [3.63, 3.8) is 0 Å². The summed E-state index contributed by atoms with van der Waals surface area (Å²) in [4.78, 5) is 36.7. The van der Waals surface area contributed by atoms with Crippen molar-refractivity contribution in [1.29, 1.82) is 0 Å². The molecular weight excluding hydrogens is 540 g/mol. The van der Waals surface area contributed by atoms with E-state index >= 15 is 0 Å². The van der Waals surface area contributed by atoms with E-state index in [1.54, 1.807) is 6.92 Å². The molecule has 43 heavy (non-hydrogen) atoms. The van der Waals surface area contributed by atoms with Crippen molar-refractivity contribution in [2.45, 2.75) is 117 Å². The van der Waals surface area contributed by atoms with E-state index in [0.717, 1.165) is 49.0 Å². The van der Waals surface area contributed by atoms with Crippen LogP contribution in [0.25, 0.3) is 0 Å². The first-order valence-electron chi connectivity index (χ1n) is 16.9. The lowest BCUT2D eigenvalue weighted by atomic mass is 9.44. The molecule has 5 rings (SSSR count). The van der Waals surface area contributed by atoms with Crippen molar-refractivity contribution in [1.82, 2.24) is 5.32 Å². The second kappa shape index (κ2) is 13.3. The van der Waals surface area contributed by atoms with Gasteiger partial charge in [0.05, 0.1) is 6.04 Å². The summed E-state index contributed by atoms with van der Waals surface area (Å²) in [5, 5.41) is 2.57. The topological polar surface area (TPSA) is 108 Å². The number of nitrogens with two attached hydrogens (primary N) is 1. The summed E-state index contributed by atoms with van der Waals surface area (Å²) in [6, 6.07) is 9.28. The van der Waals surface area contributed by atoms with E-state index in [0.29, 0.717) is 41.6 Å². The number of amides is 1. The van der Waals surface area contributed by atoms with Gasteiger partial charge in [-0.15, -0.1) is 0 Å². The van der Waals surface area contributed by atoms with E-state index in [2.05, 4.69) is 26.1 Å². The number of carbonyl (C=O) groups excluding carboxylic acids is 3. The lowest BCUT2D eigenvalue weighted by Gasteiger charge is -2.61. The maximum Gasteiger partial charge on any atom is 0.325 e. The summed E-state index contributed by atoms with van der Waals surface area (Å²) in [6.45, 7) is 9.33. The van der Waals surface area contributed by atoms with Gasteiger partial charge in [0.15, 0.2) is 0 Å². The highest BCUT2D eigenvalue weighted by molar-refractivity contribution is 5.85. The lowest BCUT2D eigenvalue weighted by Crippen LogP contribution is -2.54. The Morgan fingerprint density at radius 2 is 1.65 bits per heavy atom. The molecule has 4 aliphatic carbocycles. The van der Waals surface area contributed by atoms with Crippen LogP contribution >= 0.6 is 0 Å². The molecule has 0 unspecified atom stereocenters. The monoisotopic (exact) mass is 594 g/mol. The first-order chi connectivity index (χ1) is 20.5. The molecule has 0 aromatic heterocycles. The molecule has 7 heteroatoms. The zero-order chi connectivity index (χ0) is 30.8. The Kier molecular flexibility index (Phi) is 9.89. The van der Waals surface area contributed by atoms with E-state index < -0.39 is 6.04 Å². The van der Waals surface area contributed by atoms with Crippen molar-refractivity contribution in [2.24, 2.45) is 52.1 Å². The molecule has 0 saturated heterocycles. The van der Waals surface area contributed by atoms with Gasteiger partial charge in [0.1, 0.15) is 19.3 Å². The predicted molar refractivity (Wildman–Crippen MR) is 166 cm³/mol. The van der Waals surface area contributed by atoms with Gasteiger partial charge in [-0.1, -0.05) is 51.1 Å². The van der Waals surface area contributed by atoms with Gasteiger partial charge >= 0.3 is 11.9 Å². The molecule has 1 aromatic carbocycles. The minimum atomic E-state index is -0.636. The Balaban J connectivity index is 1.12. The largest absolute Gasteiger partial charge is 0.461 e. The zero-order valence-corrected chi connectivity index (χ0v) is 26.8. The summed E-state index contributed by atoms with van der Waals surface area (Å²) in [7, 11) is 0. The molecular formula is C36H54N2O5. The van der Waals surface area contributed by atoms with Gasteiger partial charge in [0, 0.05) is 6.42 Å². The van der Waals surface area contributed by atoms with E-state index in [1.165, 1.54) is 38.5 Å². The zero-order valence-electron chi connectivity index (χ0n) is 26.8. The van der Waals surface area contributed by atoms with Crippen LogP contribution in [0.1, 0.15) is 104 Å². The standard InChI is InChI=1S/C36H54N2O5/c1-23(10-15-32(39)42-22-25-8-6-5-7-9-25)29-13-14-30-28-12-11-26-20-27(43-33(40)21-38-34(41)24(2)37)16-18-35(26,3)31(28)17-19-36(29,30)4/h5-9,23-24,26-31H,10-22,37H2,1-4H3,(H,38,41)/t23-,24-,26+,27+,28-,29+,30-,31-,35-,36+/m0/s1. The third kappa shape index (κ3) is 6.82. The van der Waals surface area contributed by atoms with Crippen molar-refractivity contribution in [2.75, 3.05) is 6.54 Å². The van der Waals surface area contributed by atoms with Gasteiger partial charge < -0.3 is 20.5 Å². The molecule has 1 aromatic rings. The van der Waals surface area contributed by atoms with Crippen molar-refractivity contribution in [3.8, 4) is 0 Å². The van der Waals surface area contributed by atoms with Gasteiger partial charge in [0.25, 0.3) is 0 Å². The highest BCUT2D eigenvalue weighted by atomic mass is 16.5. The molecule has 0 spiro atoms. The van der Waals surface area contributed by atoms with Crippen molar-refractivity contribution >= 4 is 17.8 Å². The Bertz CT molecular complexity index is 1140. The molecule has 7 nitrogen and oxygen atoms in total. The number of rotatable bonds is 10. The molecule has 1 amide bonds. The van der Waals surface area contributed by atoms with Crippen LogP contribution in [0.2, 0.25) is 0 Å². The summed E-state index contributed by atoms with van der Waals surface area (Å²) < 4.78 is 11.4. The number of benzene rings is 1. The smallest absolute Gasteiger partial charge is 0.325 e. The molecule has 4 fully saturated rings. The highest BCUT2D eigenvalue weighted by Crippen LogP contribution is 2.68. The van der Waals surface area contributed by atoms with Gasteiger partial charge in [-0.2, -0.15) is 0 Å². The van der Waals surface area contributed by atoms with Gasteiger partial charge in [-0.05, 0) is 123 Å². The molecule has 238 valence electrons. The van der Waals surface area contributed by atoms with Crippen molar-refractivity contribution < 1.29 is 23.9 Å². The van der Waals surface area contributed by atoms with Crippen LogP contribution in [0, 0.1) is 46.3 Å². The van der Waals surface area contributed by atoms with Gasteiger partial charge in [-0.3, -0.25) is 14.4 Å². The second-order valence-corrected chi connectivity index (χ2v) is 14.9. The van der Waals surface area contributed by atoms with Crippen LogP contribution in [-0.4, -0.2) is 36.5 Å². The van der Waals surface area contributed by atoms with E-state index in [4.69, 9.17) is 15.2 Å². The molecule has 4 saturated carbocycles. The summed E-state index contributed by atoms with van der Waals surface area (Å²) in [5.74, 6) is 3.29. The molecule has 4 aliphatic rings. The van der Waals surface area contributed by atoms with Crippen LogP contribution in [-0.2, 0) is 30.5 Å². The van der Waals surface area contributed by atoms with E-state index in [-0.39, 0.29) is 30.5 Å². The Morgan fingerprint density at radius 3 is 2.40 bits per heavy atom. The Morgan fingerprint density at radius 1 is 0.930 bits per heavy atom. The molecule has 10 atom stereocenters. The number of ether oxygens (including phenoxy) is 2. The van der Waals surface area contributed by atoms with Crippen LogP contribution in [0.15, 0.2) is 30.3 Å². The maximum absolute atomic E-state index is 12.6. The number of hydrogen-bond acceptors (Lipinski definition) is 6. The number of nitrogens with one attached hydrogen (secondary N) is 1. The first kappa shape index (κ1) is 32.0. The second-order valence-electron chi connectivity index (χ2n) is 14.9. The normalized spacial score (nSPS) is 36.3. The number of carbonyl (C=O) groups is 3. The third-order valence-corrected chi connectivity index (χ3v) is 12.5. The number of hydrogen-bond donors (Lipinski definition) is 2. The summed E-state index contributed by atoms with van der Waals surface area (Å²) in [5.41, 5.74) is 7.28. The fourth-order valence-corrected chi connectivity index (χ4v) is 10.2. The molecule has 0 heterocycles. The Hall–Kier alpha value is -2.41. The number of fused-ring (bicyclic) bond motifs is 5. The fraction of sp³-hybridized carbons (Fsp3) is 0.750.